The first-order valence-electron chi connectivity index (χ1n) is 7.29. The number of hydrogen-bond acceptors (Lipinski definition) is 5. The van der Waals surface area contributed by atoms with Crippen LogP contribution in [0.25, 0.3) is 11.2 Å². The van der Waals surface area contributed by atoms with Gasteiger partial charge in [-0.1, -0.05) is 13.8 Å². The lowest BCUT2D eigenvalue weighted by Gasteiger charge is -2.52. The first kappa shape index (κ1) is 14.1. The largest absolute Gasteiger partial charge is 0.481 e. The molecule has 1 aliphatic carbocycles. The minimum absolute atomic E-state index is 0.00250. The Bertz CT molecular complexity index is 665. The average molecular weight is 290 g/mol. The third kappa shape index (κ3) is 2.05. The van der Waals surface area contributed by atoms with E-state index in [-0.39, 0.29) is 17.6 Å². The van der Waals surface area contributed by atoms with Gasteiger partial charge in [0.05, 0.1) is 13.2 Å². The van der Waals surface area contributed by atoms with Crippen molar-refractivity contribution >= 4 is 17.1 Å². The van der Waals surface area contributed by atoms with Crippen LogP contribution in [0, 0.1) is 5.41 Å². The highest BCUT2D eigenvalue weighted by Gasteiger charge is 2.51. The molecule has 2 heterocycles. The summed E-state index contributed by atoms with van der Waals surface area (Å²) in [4.78, 5) is 8.92. The molecule has 2 N–H and O–H groups in total. The van der Waals surface area contributed by atoms with Crippen molar-refractivity contribution in [1.29, 1.82) is 0 Å². The molecular weight excluding hydrogens is 268 g/mol. The summed E-state index contributed by atoms with van der Waals surface area (Å²) < 4.78 is 13.0. The molecule has 0 amide bonds. The maximum Gasteiger partial charge on any atom is 0.215 e. The van der Waals surface area contributed by atoms with Gasteiger partial charge in [-0.05, 0) is 19.4 Å². The molecule has 0 spiro atoms. The zero-order valence-electron chi connectivity index (χ0n) is 13.0. The third-order valence-electron chi connectivity index (χ3n) is 4.55. The smallest absolute Gasteiger partial charge is 0.215 e. The quantitative estimate of drug-likeness (QED) is 0.935. The van der Waals surface area contributed by atoms with E-state index >= 15 is 0 Å². The van der Waals surface area contributed by atoms with Crippen LogP contribution in [0.4, 0.5) is 5.95 Å². The zero-order chi connectivity index (χ0) is 15.2. The summed E-state index contributed by atoms with van der Waals surface area (Å²) in [5, 5.41) is 0. The minimum Gasteiger partial charge on any atom is -0.481 e. The van der Waals surface area contributed by atoms with Gasteiger partial charge in [0.2, 0.25) is 11.8 Å². The van der Waals surface area contributed by atoms with E-state index < -0.39 is 0 Å². The van der Waals surface area contributed by atoms with Crippen LogP contribution < -0.4 is 10.5 Å². The molecular formula is C15H22N4O2. The predicted molar refractivity (Wildman–Crippen MR) is 81.3 cm³/mol. The van der Waals surface area contributed by atoms with E-state index in [1.165, 1.54) is 0 Å². The summed E-state index contributed by atoms with van der Waals surface area (Å²) in [5.41, 5.74) is 7.70. The van der Waals surface area contributed by atoms with Crippen LogP contribution in [-0.4, -0.2) is 34.4 Å². The van der Waals surface area contributed by atoms with Gasteiger partial charge in [0.25, 0.3) is 0 Å². The second kappa shape index (κ2) is 4.87. The van der Waals surface area contributed by atoms with Crippen LogP contribution in [-0.2, 0) is 4.74 Å². The maximum atomic E-state index is 6.13. The number of methoxy groups -OCH3 is 1. The highest BCUT2D eigenvalue weighted by Crippen LogP contribution is 2.52. The molecule has 6 heteroatoms. The Morgan fingerprint density at radius 1 is 1.38 bits per heavy atom. The number of ether oxygens (including phenoxy) is 2. The average Bonchev–Trinajstić information content (AvgIpc) is 2.78. The first-order valence-corrected chi connectivity index (χ1v) is 7.29. The molecule has 0 bridgehead atoms. The number of hydrogen-bond donors (Lipinski definition) is 1. The summed E-state index contributed by atoms with van der Waals surface area (Å²) in [6.07, 6.45) is 1.17. The molecule has 0 saturated heterocycles. The van der Waals surface area contributed by atoms with Crippen molar-refractivity contribution in [3.63, 3.8) is 0 Å². The topological polar surface area (TPSA) is 75.2 Å². The molecule has 0 aromatic carbocycles. The highest BCUT2D eigenvalue weighted by molar-refractivity contribution is 5.75. The van der Waals surface area contributed by atoms with E-state index in [0.717, 1.165) is 24.2 Å². The Kier molecular flexibility index (Phi) is 3.28. The van der Waals surface area contributed by atoms with E-state index in [9.17, 15) is 0 Å². The number of imidazole rings is 1. The molecule has 0 radical (unpaired) electrons. The van der Waals surface area contributed by atoms with Gasteiger partial charge in [-0.15, -0.1) is 0 Å². The summed E-state index contributed by atoms with van der Waals surface area (Å²) >= 11 is 0. The Morgan fingerprint density at radius 3 is 2.76 bits per heavy atom. The Balaban J connectivity index is 2.03. The number of nitrogens with zero attached hydrogens (tertiary/aromatic N) is 3. The van der Waals surface area contributed by atoms with Gasteiger partial charge in [-0.3, -0.25) is 4.57 Å². The number of nitrogen functional groups attached to an aromatic ring is 1. The van der Waals surface area contributed by atoms with Gasteiger partial charge in [-0.25, -0.2) is 4.98 Å². The molecule has 2 atom stereocenters. The molecule has 2 unspecified atom stereocenters. The number of aromatic nitrogens is 3. The van der Waals surface area contributed by atoms with Crippen molar-refractivity contribution in [2.24, 2.45) is 5.41 Å². The SMILES string of the molecule is CCOC1CC(n2c(N)nc3ccc(OC)nc32)C1(C)C. The van der Waals surface area contributed by atoms with Gasteiger partial charge in [-0.2, -0.15) is 4.98 Å². The lowest BCUT2D eigenvalue weighted by Crippen LogP contribution is -2.51. The van der Waals surface area contributed by atoms with Gasteiger partial charge in [0.15, 0.2) is 5.65 Å². The fourth-order valence-corrected chi connectivity index (χ4v) is 3.18. The van der Waals surface area contributed by atoms with Crippen molar-refractivity contribution in [3.8, 4) is 5.88 Å². The van der Waals surface area contributed by atoms with E-state index in [1.54, 1.807) is 13.2 Å². The third-order valence-corrected chi connectivity index (χ3v) is 4.55. The fraction of sp³-hybridized carbons (Fsp3) is 0.600. The zero-order valence-corrected chi connectivity index (χ0v) is 13.0. The second-order valence-corrected chi connectivity index (χ2v) is 6.05. The van der Waals surface area contributed by atoms with Crippen molar-refractivity contribution in [2.45, 2.75) is 39.3 Å². The molecule has 2 aromatic heterocycles. The number of fused-ring (bicyclic) bond motifs is 1. The minimum atomic E-state index is 0.00250. The Morgan fingerprint density at radius 2 is 2.14 bits per heavy atom. The molecule has 21 heavy (non-hydrogen) atoms. The number of anilines is 1. The van der Waals surface area contributed by atoms with Crippen LogP contribution >= 0.6 is 0 Å². The van der Waals surface area contributed by atoms with Gasteiger partial charge in [0, 0.05) is 24.1 Å². The van der Waals surface area contributed by atoms with Crippen LogP contribution in [0.2, 0.25) is 0 Å². The fourth-order valence-electron chi connectivity index (χ4n) is 3.18. The summed E-state index contributed by atoms with van der Waals surface area (Å²) in [6, 6.07) is 3.92. The number of nitrogens with two attached hydrogens (primary N) is 1. The molecule has 1 fully saturated rings. The van der Waals surface area contributed by atoms with Crippen LogP contribution in [0.1, 0.15) is 33.2 Å². The van der Waals surface area contributed by atoms with Crippen LogP contribution in [0.3, 0.4) is 0 Å². The van der Waals surface area contributed by atoms with Gasteiger partial charge in [0.1, 0.15) is 5.52 Å². The van der Waals surface area contributed by atoms with Crippen molar-refractivity contribution in [1.82, 2.24) is 14.5 Å². The van der Waals surface area contributed by atoms with E-state index in [2.05, 4.69) is 23.8 Å². The number of rotatable bonds is 4. The normalized spacial score (nSPS) is 24.0. The lowest BCUT2D eigenvalue weighted by atomic mass is 9.64. The highest BCUT2D eigenvalue weighted by atomic mass is 16.5. The molecule has 3 rings (SSSR count). The summed E-state index contributed by atoms with van der Waals surface area (Å²) in [5.74, 6) is 1.07. The van der Waals surface area contributed by atoms with E-state index in [0.29, 0.717) is 11.8 Å². The first-order chi connectivity index (χ1) is 9.98. The molecule has 1 saturated carbocycles. The van der Waals surface area contributed by atoms with E-state index in [1.807, 2.05) is 17.6 Å². The summed E-state index contributed by atoms with van der Waals surface area (Å²) in [6.45, 7) is 7.16. The Labute approximate surface area is 124 Å². The molecule has 6 nitrogen and oxygen atoms in total. The second-order valence-electron chi connectivity index (χ2n) is 6.05. The molecule has 1 aliphatic rings. The molecule has 114 valence electrons. The van der Waals surface area contributed by atoms with Crippen molar-refractivity contribution in [2.75, 3.05) is 19.5 Å². The summed E-state index contributed by atoms with van der Waals surface area (Å²) in [7, 11) is 1.61. The van der Waals surface area contributed by atoms with Crippen LogP contribution in [0.15, 0.2) is 12.1 Å². The van der Waals surface area contributed by atoms with E-state index in [4.69, 9.17) is 15.2 Å². The molecule has 2 aromatic rings. The van der Waals surface area contributed by atoms with Crippen molar-refractivity contribution < 1.29 is 9.47 Å². The van der Waals surface area contributed by atoms with Crippen LogP contribution in [0.5, 0.6) is 5.88 Å². The lowest BCUT2D eigenvalue weighted by molar-refractivity contribution is -0.126. The number of pyridine rings is 1. The predicted octanol–water partition coefficient (Wildman–Crippen LogP) is 2.40. The monoisotopic (exact) mass is 290 g/mol. The molecule has 0 aliphatic heterocycles. The van der Waals surface area contributed by atoms with Crippen molar-refractivity contribution in [3.05, 3.63) is 12.1 Å². The van der Waals surface area contributed by atoms with Gasteiger partial charge >= 0.3 is 0 Å². The Hall–Kier alpha value is -1.82. The standard InChI is InChI=1S/C15H22N4O2/c1-5-21-11-8-10(15(11,2)3)19-13-9(17-14(19)16)6-7-12(18-13)20-4/h6-7,10-11H,5,8H2,1-4H3,(H2,16,17). The maximum absolute atomic E-state index is 6.13. The van der Waals surface area contributed by atoms with Gasteiger partial charge < -0.3 is 15.2 Å².